The number of aromatic nitrogens is 4. The summed E-state index contributed by atoms with van der Waals surface area (Å²) >= 11 is 0. The maximum atomic E-state index is 13.0. The summed E-state index contributed by atoms with van der Waals surface area (Å²) < 4.78 is 52.2. The third kappa shape index (κ3) is 9.62. The largest absolute Gasteiger partial charge is 0.756 e. The Hall–Kier alpha value is -3.76. The van der Waals surface area contributed by atoms with Gasteiger partial charge in [-0.05, 0) is 41.5 Å². The number of ether oxygens (including phenoxy) is 5. The van der Waals surface area contributed by atoms with Crippen LogP contribution >= 0.6 is 7.82 Å². The highest BCUT2D eigenvalue weighted by Crippen LogP contribution is 2.49. The van der Waals surface area contributed by atoms with Crippen molar-refractivity contribution in [1.82, 2.24) is 19.5 Å². The van der Waals surface area contributed by atoms with Crippen LogP contribution in [-0.2, 0) is 37.3 Å². The quantitative estimate of drug-likeness (QED) is 0.231. The maximum Gasteiger partial charge on any atom is 0.509 e. The van der Waals surface area contributed by atoms with Crippen LogP contribution in [0.4, 0.5) is 15.4 Å². The minimum atomic E-state index is -5.03. The van der Waals surface area contributed by atoms with Gasteiger partial charge >= 0.3 is 12.2 Å². The molecule has 3 rings (SSSR count). The van der Waals surface area contributed by atoms with E-state index in [1.165, 1.54) is 31.7 Å². The number of phosphoric acid groups is 1. The Morgan fingerprint density at radius 1 is 1.07 bits per heavy atom. The first-order valence-corrected chi connectivity index (χ1v) is 14.3. The molecule has 1 aliphatic rings. The summed E-state index contributed by atoms with van der Waals surface area (Å²) in [5.74, 6) is 4.27. The molecule has 2 aromatic rings. The van der Waals surface area contributed by atoms with Crippen LogP contribution in [0.2, 0.25) is 0 Å². The van der Waals surface area contributed by atoms with Crippen molar-refractivity contribution in [3.8, 4) is 24.7 Å². The van der Waals surface area contributed by atoms with Crippen molar-refractivity contribution in [2.24, 2.45) is 0 Å². The lowest BCUT2D eigenvalue weighted by Gasteiger charge is -2.35. The minimum absolute atomic E-state index is 0.0299. The molecule has 17 heteroatoms. The van der Waals surface area contributed by atoms with Crippen molar-refractivity contribution in [3.05, 3.63) is 12.7 Å². The molecular formula is C26H33N5O11P-. The highest BCUT2D eigenvalue weighted by molar-refractivity contribution is 7.45. The molecule has 1 saturated heterocycles. The van der Waals surface area contributed by atoms with E-state index in [9.17, 15) is 19.0 Å². The molecule has 0 bridgehead atoms. The van der Waals surface area contributed by atoms with E-state index < -0.39 is 62.4 Å². The Kier molecular flexibility index (Phi) is 10.7. The van der Waals surface area contributed by atoms with Crippen molar-refractivity contribution in [2.45, 2.75) is 77.3 Å². The smallest absolute Gasteiger partial charge is 0.509 e. The highest BCUT2D eigenvalue weighted by atomic mass is 31.2. The van der Waals surface area contributed by atoms with Gasteiger partial charge in [-0.3, -0.25) is 14.4 Å². The molecule has 0 aromatic carbocycles. The van der Waals surface area contributed by atoms with E-state index >= 15 is 0 Å². The molecule has 0 radical (unpaired) electrons. The molecule has 1 fully saturated rings. The number of hydrogen-bond acceptors (Lipinski definition) is 14. The lowest BCUT2D eigenvalue weighted by atomic mass is 10.1. The van der Waals surface area contributed by atoms with Gasteiger partial charge in [0, 0.05) is 0 Å². The monoisotopic (exact) mass is 622 g/mol. The fourth-order valence-electron chi connectivity index (χ4n) is 3.77. The fourth-order valence-corrected chi connectivity index (χ4v) is 5.04. The van der Waals surface area contributed by atoms with Gasteiger partial charge in [-0.15, -0.1) is 12.8 Å². The van der Waals surface area contributed by atoms with E-state index in [2.05, 4.69) is 32.1 Å². The molecule has 0 aliphatic carbocycles. The van der Waals surface area contributed by atoms with Crippen molar-refractivity contribution in [1.29, 1.82) is 0 Å². The van der Waals surface area contributed by atoms with Gasteiger partial charge in [0.1, 0.15) is 18.5 Å². The molecule has 5 atom stereocenters. The van der Waals surface area contributed by atoms with E-state index in [1.807, 2.05) is 0 Å². The Balaban J connectivity index is 2.06. The summed E-state index contributed by atoms with van der Waals surface area (Å²) in [5, 5.41) is 2.41. The average molecular weight is 623 g/mol. The van der Waals surface area contributed by atoms with Crippen molar-refractivity contribution in [2.75, 3.05) is 25.1 Å². The normalized spacial score (nSPS) is 21.8. The zero-order chi connectivity index (χ0) is 32.0. The number of phosphoric ester groups is 1. The third-order valence-corrected chi connectivity index (χ3v) is 6.52. The number of carbonyl (C=O) groups is 2. The van der Waals surface area contributed by atoms with Crippen molar-refractivity contribution >= 4 is 37.1 Å². The molecule has 1 aliphatic heterocycles. The number of imidazole rings is 1. The topological polar surface area (TPSA) is 195 Å². The van der Waals surface area contributed by atoms with Gasteiger partial charge in [-0.1, -0.05) is 11.8 Å². The maximum absolute atomic E-state index is 13.0. The Labute approximate surface area is 248 Å². The van der Waals surface area contributed by atoms with E-state index in [0.29, 0.717) is 0 Å². The fraction of sp³-hybridized carbons (Fsp3) is 0.577. The van der Waals surface area contributed by atoms with Gasteiger partial charge in [0.2, 0.25) is 0 Å². The predicted molar refractivity (Wildman–Crippen MR) is 147 cm³/mol. The molecule has 2 aromatic heterocycles. The number of terminal acetylenes is 2. The highest BCUT2D eigenvalue weighted by Gasteiger charge is 2.52. The second kappa shape index (κ2) is 13.7. The van der Waals surface area contributed by atoms with Gasteiger partial charge < -0.3 is 37.6 Å². The van der Waals surface area contributed by atoms with E-state index in [0.717, 1.165) is 6.33 Å². The van der Waals surface area contributed by atoms with Crippen LogP contribution in [0.1, 0.15) is 47.8 Å². The van der Waals surface area contributed by atoms with Gasteiger partial charge in [0.05, 0.1) is 24.1 Å². The summed E-state index contributed by atoms with van der Waals surface area (Å²) in [5.41, 5.74) is -1.61. The van der Waals surface area contributed by atoms with Crippen LogP contribution in [0.3, 0.4) is 0 Å². The van der Waals surface area contributed by atoms with Crippen LogP contribution in [0, 0.1) is 24.7 Å². The summed E-state index contributed by atoms with van der Waals surface area (Å²) in [7, 11) is -5.03. The Morgan fingerprint density at radius 2 is 1.74 bits per heavy atom. The molecule has 16 nitrogen and oxygen atoms in total. The zero-order valence-corrected chi connectivity index (χ0v) is 25.4. The molecule has 1 N–H and O–H groups in total. The first kappa shape index (κ1) is 33.7. The van der Waals surface area contributed by atoms with E-state index in [1.54, 1.807) is 20.8 Å². The second-order valence-electron chi connectivity index (χ2n) is 11.0. The summed E-state index contributed by atoms with van der Waals surface area (Å²) in [6.07, 6.45) is 5.16. The lowest BCUT2D eigenvalue weighted by molar-refractivity contribution is -0.242. The van der Waals surface area contributed by atoms with Gasteiger partial charge in [-0.25, -0.2) is 24.5 Å². The van der Waals surface area contributed by atoms with Gasteiger partial charge in [0.15, 0.2) is 42.5 Å². The van der Waals surface area contributed by atoms with Crippen LogP contribution in [-0.4, -0.2) is 81.1 Å². The summed E-state index contributed by atoms with van der Waals surface area (Å²) in [4.78, 5) is 50.1. The number of nitrogens with zero attached hydrogens (tertiary/aromatic N) is 4. The van der Waals surface area contributed by atoms with Crippen LogP contribution < -0.4 is 10.2 Å². The van der Waals surface area contributed by atoms with Crippen LogP contribution in [0.5, 0.6) is 0 Å². The summed E-state index contributed by atoms with van der Waals surface area (Å²) in [6, 6.07) is 0. The third-order valence-electron chi connectivity index (χ3n) is 5.25. The standard InChI is InChI=1S/C26H34N5O11P/c1-9-11-36-23(32)30-20-17-21(28-14-27-20)31(15-29-17)22-19(40-24(33)37-12-10-2)18(16(39-22)13-38-25(3,4)5)41-43(34,35)42-26(6,7)8/h1-2,14-16,18-19,22H,11-13H2,3-8H3,(H,34,35)(H,27,28,30,32)/p-1/t16-,18?,19+,22-/m1/s1. The molecule has 234 valence electrons. The number of fused-ring (bicyclic) bond motifs is 1. The molecule has 3 heterocycles. The molecular weight excluding hydrogens is 589 g/mol. The summed E-state index contributed by atoms with van der Waals surface area (Å²) in [6.45, 7) is 9.03. The lowest BCUT2D eigenvalue weighted by Crippen LogP contribution is -2.41. The van der Waals surface area contributed by atoms with Crippen LogP contribution in [0.15, 0.2) is 12.7 Å². The zero-order valence-electron chi connectivity index (χ0n) is 24.5. The number of carbonyl (C=O) groups excluding carboxylic acids is 2. The van der Waals surface area contributed by atoms with E-state index in [-0.39, 0.29) is 30.2 Å². The van der Waals surface area contributed by atoms with Gasteiger partial charge in [-0.2, -0.15) is 0 Å². The predicted octanol–water partition coefficient (Wildman–Crippen LogP) is 2.54. The van der Waals surface area contributed by atoms with Crippen LogP contribution in [0.25, 0.3) is 11.2 Å². The minimum Gasteiger partial charge on any atom is -0.756 e. The first-order chi connectivity index (χ1) is 20.0. The molecule has 0 saturated carbocycles. The van der Waals surface area contributed by atoms with Gasteiger partial charge in [0.25, 0.3) is 7.82 Å². The molecule has 2 unspecified atom stereocenters. The molecule has 43 heavy (non-hydrogen) atoms. The molecule has 1 amide bonds. The number of nitrogens with one attached hydrogen (secondary N) is 1. The number of rotatable bonds is 10. The number of hydrogen-bond donors (Lipinski definition) is 1. The average Bonchev–Trinajstić information content (AvgIpc) is 3.45. The molecule has 0 spiro atoms. The Morgan fingerprint density at radius 3 is 2.37 bits per heavy atom. The number of amides is 1. The number of anilines is 1. The Bertz CT molecular complexity index is 1440. The second-order valence-corrected chi connectivity index (χ2v) is 12.3. The van der Waals surface area contributed by atoms with E-state index in [4.69, 9.17) is 45.6 Å². The van der Waals surface area contributed by atoms with Crippen molar-refractivity contribution in [3.63, 3.8) is 0 Å². The first-order valence-electron chi connectivity index (χ1n) is 12.8. The van der Waals surface area contributed by atoms with Crippen molar-refractivity contribution < 1.29 is 51.8 Å². The SMILES string of the molecule is C#CCOC(=O)Nc1ncnc2c1ncn2[C@@H]1O[C@H](COC(C)(C)C)C(OP(=O)([O-])OC(C)(C)C)[C@@H]1OC(=O)OCC#C.